The van der Waals surface area contributed by atoms with E-state index in [1.165, 1.54) is 82.2 Å². The molecule has 0 aliphatic heterocycles. The standard InChI is InChI=1S/C48H44N2S/c1-3-9-38(10-4-1)49(40-18-16-36(17-19-40)44-25-15-33-27-34-29-35(28-33)31-37(44)30-34)41-20-22-42(23-21-41)50(39-11-5-2-6-12-39)43-24-26-46-45-13-7-8-14-47(45)51-48(46)32-43/h1-14,16-24,26,32-35,37,44H,15,25,27-31H2. The maximum absolute atomic E-state index is 2.46. The molecule has 2 nitrogen and oxygen atoms in total. The smallest absolute Gasteiger partial charge is 0.0476 e. The number of fused-ring (bicyclic) bond motifs is 5. The van der Waals surface area contributed by atoms with Crippen molar-refractivity contribution in [1.29, 1.82) is 0 Å². The molecular formula is C48H44N2S. The SMILES string of the molecule is c1ccc(N(c2ccc(C3CCC4CC5CC(C4)CC3C5)cc2)c2ccc(N(c3ccccc3)c3ccc4c(c3)sc3ccccc34)cc2)cc1. The van der Waals surface area contributed by atoms with Gasteiger partial charge in [0.1, 0.15) is 0 Å². The van der Waals surface area contributed by atoms with E-state index in [9.17, 15) is 0 Å². The molecule has 4 bridgehead atoms. The normalized spacial score (nSPS) is 22.5. The van der Waals surface area contributed by atoms with Crippen molar-refractivity contribution in [2.45, 2.75) is 50.9 Å². The highest BCUT2D eigenvalue weighted by atomic mass is 32.1. The Balaban J connectivity index is 0.992. The molecule has 4 aliphatic rings. The molecule has 1 heterocycles. The number of hydrogen-bond acceptors (Lipinski definition) is 3. The van der Waals surface area contributed by atoms with Gasteiger partial charge in [0, 0.05) is 54.3 Å². The molecule has 3 unspecified atom stereocenters. The van der Waals surface area contributed by atoms with Crippen LogP contribution in [0.3, 0.4) is 0 Å². The van der Waals surface area contributed by atoms with Gasteiger partial charge in [0.05, 0.1) is 0 Å². The lowest BCUT2D eigenvalue weighted by atomic mass is 9.57. The monoisotopic (exact) mass is 680 g/mol. The van der Waals surface area contributed by atoms with Gasteiger partial charge in [-0.05, 0) is 159 Å². The minimum absolute atomic E-state index is 0.715. The first-order valence-electron chi connectivity index (χ1n) is 19.1. The van der Waals surface area contributed by atoms with Gasteiger partial charge >= 0.3 is 0 Å². The summed E-state index contributed by atoms with van der Waals surface area (Å²) >= 11 is 1.87. The fourth-order valence-corrected chi connectivity index (χ4v) is 11.4. The number of para-hydroxylation sites is 2. The molecule has 4 fully saturated rings. The Hall–Kier alpha value is -4.86. The number of rotatable bonds is 7. The van der Waals surface area contributed by atoms with Gasteiger partial charge in [0.15, 0.2) is 0 Å². The van der Waals surface area contributed by atoms with Crippen LogP contribution >= 0.6 is 11.3 Å². The summed E-state index contributed by atoms with van der Waals surface area (Å²) in [6.07, 6.45) is 10.2. The van der Waals surface area contributed by atoms with Crippen molar-refractivity contribution in [2.75, 3.05) is 9.80 Å². The van der Waals surface area contributed by atoms with E-state index in [2.05, 4.69) is 161 Å². The van der Waals surface area contributed by atoms with Crippen LogP contribution in [-0.4, -0.2) is 0 Å². The summed E-state index contributed by atoms with van der Waals surface area (Å²) in [5.41, 5.74) is 8.56. The molecule has 51 heavy (non-hydrogen) atoms. The van der Waals surface area contributed by atoms with E-state index >= 15 is 0 Å². The average Bonchev–Trinajstić information content (AvgIpc) is 3.54. The second kappa shape index (κ2) is 13.0. The van der Waals surface area contributed by atoms with Crippen LogP contribution in [0.1, 0.15) is 56.4 Å². The second-order valence-electron chi connectivity index (χ2n) is 15.4. The van der Waals surface area contributed by atoms with Gasteiger partial charge in [-0.15, -0.1) is 11.3 Å². The zero-order valence-electron chi connectivity index (χ0n) is 29.1. The van der Waals surface area contributed by atoms with Gasteiger partial charge in [-0.3, -0.25) is 0 Å². The number of anilines is 6. The average molecular weight is 681 g/mol. The Morgan fingerprint density at radius 1 is 0.392 bits per heavy atom. The van der Waals surface area contributed by atoms with E-state index in [1.807, 2.05) is 11.3 Å². The van der Waals surface area contributed by atoms with Crippen LogP contribution in [0, 0.1) is 23.7 Å². The predicted molar refractivity (Wildman–Crippen MR) is 218 cm³/mol. The fourth-order valence-electron chi connectivity index (χ4n) is 10.2. The molecule has 0 radical (unpaired) electrons. The lowest BCUT2D eigenvalue weighted by Gasteiger charge is -2.48. The minimum atomic E-state index is 0.715. The van der Waals surface area contributed by atoms with Crippen LogP contribution in [0.25, 0.3) is 20.2 Å². The summed E-state index contributed by atoms with van der Waals surface area (Å²) in [6, 6.07) is 56.1. The first-order chi connectivity index (χ1) is 25.2. The molecule has 6 aromatic carbocycles. The summed E-state index contributed by atoms with van der Waals surface area (Å²) in [4.78, 5) is 4.79. The summed E-state index contributed by atoms with van der Waals surface area (Å²) < 4.78 is 2.64. The van der Waals surface area contributed by atoms with E-state index in [-0.39, 0.29) is 0 Å². The first-order valence-corrected chi connectivity index (χ1v) is 19.9. The first kappa shape index (κ1) is 30.9. The third-order valence-corrected chi connectivity index (χ3v) is 13.5. The maximum atomic E-state index is 2.46. The molecular weight excluding hydrogens is 637 g/mol. The number of hydrogen-bond donors (Lipinski definition) is 0. The van der Waals surface area contributed by atoms with E-state index in [0.717, 1.165) is 40.7 Å². The van der Waals surface area contributed by atoms with Crippen LogP contribution in [-0.2, 0) is 0 Å². The van der Waals surface area contributed by atoms with Crippen molar-refractivity contribution in [2.24, 2.45) is 23.7 Å². The summed E-state index contributed by atoms with van der Waals surface area (Å²) in [5, 5.41) is 2.65. The van der Waals surface area contributed by atoms with Gasteiger partial charge < -0.3 is 9.80 Å². The van der Waals surface area contributed by atoms with Gasteiger partial charge in [-0.2, -0.15) is 0 Å². The Labute approximate surface area is 306 Å². The van der Waals surface area contributed by atoms with E-state index in [4.69, 9.17) is 0 Å². The zero-order valence-corrected chi connectivity index (χ0v) is 29.9. The van der Waals surface area contributed by atoms with Crippen molar-refractivity contribution in [3.63, 3.8) is 0 Å². The maximum Gasteiger partial charge on any atom is 0.0476 e. The summed E-state index contributed by atoms with van der Waals surface area (Å²) in [5.74, 6) is 4.54. The highest BCUT2D eigenvalue weighted by molar-refractivity contribution is 7.25. The number of thiophene rings is 1. The van der Waals surface area contributed by atoms with Crippen molar-refractivity contribution in [3.8, 4) is 0 Å². The summed E-state index contributed by atoms with van der Waals surface area (Å²) in [6.45, 7) is 0. The van der Waals surface area contributed by atoms with Crippen LogP contribution in [0.5, 0.6) is 0 Å². The van der Waals surface area contributed by atoms with Gasteiger partial charge in [0.25, 0.3) is 0 Å². The predicted octanol–water partition coefficient (Wildman–Crippen LogP) is 14.3. The van der Waals surface area contributed by atoms with E-state index in [1.54, 1.807) is 5.56 Å². The van der Waals surface area contributed by atoms with E-state index < -0.39 is 0 Å². The molecule has 0 saturated heterocycles. The lowest BCUT2D eigenvalue weighted by Crippen LogP contribution is -2.36. The number of nitrogens with zero attached hydrogens (tertiary/aromatic N) is 2. The van der Waals surface area contributed by atoms with Gasteiger partial charge in [0.2, 0.25) is 0 Å². The molecule has 4 aliphatic carbocycles. The molecule has 0 spiro atoms. The Morgan fingerprint density at radius 3 is 1.53 bits per heavy atom. The molecule has 3 heteroatoms. The van der Waals surface area contributed by atoms with Gasteiger partial charge in [-0.1, -0.05) is 72.8 Å². The van der Waals surface area contributed by atoms with Crippen molar-refractivity contribution in [3.05, 3.63) is 157 Å². The molecule has 0 N–H and O–H groups in total. The topological polar surface area (TPSA) is 6.48 Å². The molecule has 4 saturated carbocycles. The minimum Gasteiger partial charge on any atom is -0.311 e. The fraction of sp³-hybridized carbons (Fsp3) is 0.250. The van der Waals surface area contributed by atoms with Crippen LogP contribution in [0.15, 0.2) is 152 Å². The van der Waals surface area contributed by atoms with E-state index in [0.29, 0.717) is 5.92 Å². The largest absolute Gasteiger partial charge is 0.311 e. The highest BCUT2D eigenvalue weighted by Crippen LogP contribution is 2.54. The Morgan fingerprint density at radius 2 is 0.882 bits per heavy atom. The third kappa shape index (κ3) is 5.82. The van der Waals surface area contributed by atoms with Crippen molar-refractivity contribution < 1.29 is 0 Å². The van der Waals surface area contributed by atoms with Gasteiger partial charge in [-0.25, -0.2) is 0 Å². The molecule has 0 amide bonds. The molecule has 252 valence electrons. The number of benzene rings is 6. The lowest BCUT2D eigenvalue weighted by molar-refractivity contribution is 0.0555. The quantitative estimate of drug-likeness (QED) is 0.165. The Kier molecular flexibility index (Phi) is 7.90. The van der Waals surface area contributed by atoms with Crippen LogP contribution < -0.4 is 9.80 Å². The zero-order chi connectivity index (χ0) is 33.7. The Bertz CT molecular complexity index is 2260. The molecule has 3 atom stereocenters. The second-order valence-corrected chi connectivity index (χ2v) is 16.5. The van der Waals surface area contributed by atoms with Crippen molar-refractivity contribution in [1.82, 2.24) is 0 Å². The van der Waals surface area contributed by atoms with Crippen molar-refractivity contribution >= 4 is 65.6 Å². The highest BCUT2D eigenvalue weighted by Gasteiger charge is 2.41. The van der Waals surface area contributed by atoms with Crippen LogP contribution in [0.2, 0.25) is 0 Å². The van der Waals surface area contributed by atoms with Crippen LogP contribution in [0.4, 0.5) is 34.1 Å². The molecule has 1 aromatic heterocycles. The molecule has 11 rings (SSSR count). The molecule has 7 aromatic rings. The summed E-state index contributed by atoms with van der Waals surface area (Å²) in [7, 11) is 0. The third-order valence-electron chi connectivity index (χ3n) is 12.3.